The first-order valence-corrected chi connectivity index (χ1v) is 12.7. The van der Waals surface area contributed by atoms with Gasteiger partial charge in [0, 0.05) is 12.3 Å². The summed E-state index contributed by atoms with van der Waals surface area (Å²) in [6, 6.07) is 35.0. The van der Waals surface area contributed by atoms with Crippen molar-refractivity contribution in [3.05, 3.63) is 131 Å². The highest BCUT2D eigenvalue weighted by molar-refractivity contribution is 7.22. The molecule has 4 aromatic carbocycles. The van der Waals surface area contributed by atoms with Crippen LogP contribution < -0.4 is 4.90 Å². The van der Waals surface area contributed by atoms with Crippen LogP contribution in [0.4, 0.5) is 5.13 Å². The number of aromatic nitrogens is 1. The lowest BCUT2D eigenvalue weighted by Crippen LogP contribution is -2.31. The van der Waals surface area contributed by atoms with Crippen LogP contribution in [0.2, 0.25) is 0 Å². The molecule has 0 aliphatic rings. The van der Waals surface area contributed by atoms with Crippen molar-refractivity contribution in [2.24, 2.45) is 0 Å². The highest BCUT2D eigenvalue weighted by atomic mass is 32.1. The van der Waals surface area contributed by atoms with Crippen molar-refractivity contribution < 1.29 is 4.79 Å². The van der Waals surface area contributed by atoms with E-state index in [2.05, 4.69) is 62.4 Å². The largest absolute Gasteiger partial charge is 0.284 e. The Labute approximate surface area is 210 Å². The summed E-state index contributed by atoms with van der Waals surface area (Å²) in [7, 11) is 0. The van der Waals surface area contributed by atoms with Crippen molar-refractivity contribution in [1.82, 2.24) is 4.98 Å². The summed E-state index contributed by atoms with van der Waals surface area (Å²) in [6.07, 6.45) is 0.370. The third-order valence-electron chi connectivity index (χ3n) is 6.31. The zero-order chi connectivity index (χ0) is 24.2. The summed E-state index contributed by atoms with van der Waals surface area (Å²) in [5.74, 6) is 0.0431. The van der Waals surface area contributed by atoms with E-state index >= 15 is 0 Å². The van der Waals surface area contributed by atoms with Gasteiger partial charge in [0.05, 0.1) is 16.8 Å². The van der Waals surface area contributed by atoms with Gasteiger partial charge in [0.25, 0.3) is 0 Å². The molecule has 0 aliphatic heterocycles. The topological polar surface area (TPSA) is 33.2 Å². The molecule has 0 atom stereocenters. The molecule has 3 nitrogen and oxygen atoms in total. The van der Waals surface area contributed by atoms with E-state index in [1.807, 2.05) is 59.5 Å². The predicted molar refractivity (Wildman–Crippen MR) is 146 cm³/mol. The molecule has 0 N–H and O–H groups in total. The molecule has 1 aromatic heterocycles. The molecule has 174 valence electrons. The summed E-state index contributed by atoms with van der Waals surface area (Å²) < 4.78 is 1.14. The number of hydrogen-bond acceptors (Lipinski definition) is 3. The molecule has 5 rings (SSSR count). The summed E-state index contributed by atoms with van der Waals surface area (Å²) in [5.41, 5.74) is 6.70. The lowest BCUT2D eigenvalue weighted by molar-refractivity contribution is -0.119. The third kappa shape index (κ3) is 5.18. The molecule has 35 heavy (non-hydrogen) atoms. The monoisotopic (exact) mass is 476 g/mol. The molecular formula is C31H28N2OS. The zero-order valence-electron chi connectivity index (χ0n) is 20.0. The summed E-state index contributed by atoms with van der Waals surface area (Å²) in [4.78, 5) is 20.8. The van der Waals surface area contributed by atoms with Gasteiger partial charge in [-0.2, -0.15) is 0 Å². The Kier molecular flexibility index (Phi) is 6.73. The van der Waals surface area contributed by atoms with Crippen LogP contribution in [0.1, 0.15) is 40.2 Å². The van der Waals surface area contributed by atoms with Crippen molar-refractivity contribution >= 4 is 32.6 Å². The molecule has 0 spiro atoms. The number of rotatable bonds is 7. The maximum atomic E-state index is 14.0. The van der Waals surface area contributed by atoms with Gasteiger partial charge in [-0.3, -0.25) is 9.69 Å². The van der Waals surface area contributed by atoms with Crippen LogP contribution in [0, 0.1) is 13.8 Å². The molecule has 1 amide bonds. The second-order valence-corrected chi connectivity index (χ2v) is 9.95. The van der Waals surface area contributed by atoms with Crippen LogP contribution in [0.25, 0.3) is 10.2 Å². The smallest absolute Gasteiger partial charge is 0.230 e. The number of benzene rings is 4. The highest BCUT2D eigenvalue weighted by Crippen LogP contribution is 2.35. The first kappa shape index (κ1) is 23.0. The average molecular weight is 477 g/mol. The van der Waals surface area contributed by atoms with E-state index < -0.39 is 0 Å². The van der Waals surface area contributed by atoms with Gasteiger partial charge >= 0.3 is 0 Å². The number of thiazole rings is 1. The molecular weight excluding hydrogens is 448 g/mol. The second-order valence-electron chi connectivity index (χ2n) is 8.97. The van der Waals surface area contributed by atoms with Gasteiger partial charge in [0.15, 0.2) is 5.13 Å². The minimum absolute atomic E-state index is 0.0264. The van der Waals surface area contributed by atoms with E-state index in [-0.39, 0.29) is 11.8 Å². The lowest BCUT2D eigenvalue weighted by Gasteiger charge is -2.24. The van der Waals surface area contributed by atoms with E-state index in [4.69, 9.17) is 4.98 Å². The van der Waals surface area contributed by atoms with Gasteiger partial charge in [-0.15, -0.1) is 0 Å². The molecule has 0 fully saturated rings. The van der Waals surface area contributed by atoms with Crippen LogP contribution >= 0.6 is 11.3 Å². The molecule has 0 saturated heterocycles. The number of hydrogen-bond donors (Lipinski definition) is 0. The summed E-state index contributed by atoms with van der Waals surface area (Å²) in [5, 5.41) is 0.752. The molecule has 1 heterocycles. The van der Waals surface area contributed by atoms with E-state index in [9.17, 15) is 4.79 Å². The fraction of sp³-hybridized carbons (Fsp3) is 0.161. The van der Waals surface area contributed by atoms with Crippen LogP contribution in [0.3, 0.4) is 0 Å². The molecule has 5 aromatic rings. The van der Waals surface area contributed by atoms with Crippen LogP contribution in [0.5, 0.6) is 0 Å². The third-order valence-corrected chi connectivity index (χ3v) is 7.54. The van der Waals surface area contributed by atoms with Crippen molar-refractivity contribution in [2.75, 3.05) is 4.90 Å². The Morgan fingerprint density at radius 1 is 0.829 bits per heavy atom. The number of aryl methyl sites for hydroxylation is 2. The van der Waals surface area contributed by atoms with Gasteiger partial charge < -0.3 is 0 Å². The molecule has 0 radical (unpaired) electrons. The quantitative estimate of drug-likeness (QED) is 0.241. The molecule has 0 bridgehead atoms. The molecule has 0 saturated carbocycles. The normalized spacial score (nSPS) is 11.2. The molecule has 4 heteroatoms. The van der Waals surface area contributed by atoms with Crippen molar-refractivity contribution in [2.45, 2.75) is 32.7 Å². The maximum Gasteiger partial charge on any atom is 0.230 e. The zero-order valence-corrected chi connectivity index (χ0v) is 20.8. The fourth-order valence-electron chi connectivity index (χ4n) is 4.59. The van der Waals surface area contributed by atoms with E-state index in [0.717, 1.165) is 32.0 Å². The predicted octanol–water partition coefficient (Wildman–Crippen LogP) is 7.67. The van der Waals surface area contributed by atoms with E-state index in [0.29, 0.717) is 13.0 Å². The van der Waals surface area contributed by atoms with Crippen molar-refractivity contribution in [3.8, 4) is 0 Å². The minimum Gasteiger partial charge on any atom is -0.284 e. The summed E-state index contributed by atoms with van der Waals surface area (Å²) in [6.45, 7) is 4.69. The van der Waals surface area contributed by atoms with Gasteiger partial charge in [-0.1, -0.05) is 108 Å². The first-order chi connectivity index (χ1) is 17.1. The Morgan fingerprint density at radius 3 is 2.00 bits per heavy atom. The average Bonchev–Trinajstić information content (AvgIpc) is 3.31. The number of amides is 1. The Hall–Kier alpha value is -3.76. The minimum atomic E-state index is -0.0264. The SMILES string of the molecule is Cc1cc(C)c2sc(N(Cc3ccccc3)C(=O)CC(c3ccccc3)c3ccccc3)nc2c1. The van der Waals surface area contributed by atoms with Gasteiger partial charge in [-0.05, 0) is 47.7 Å². The first-order valence-electron chi connectivity index (χ1n) is 11.9. The van der Waals surface area contributed by atoms with Gasteiger partial charge in [0.2, 0.25) is 5.91 Å². The van der Waals surface area contributed by atoms with E-state index in [1.165, 1.54) is 11.1 Å². The molecule has 0 aliphatic carbocycles. The van der Waals surface area contributed by atoms with Gasteiger partial charge in [-0.25, -0.2) is 4.98 Å². The van der Waals surface area contributed by atoms with Crippen molar-refractivity contribution in [1.29, 1.82) is 0 Å². The standard InChI is InChI=1S/C31H28N2OS/c1-22-18-23(2)30-28(19-22)32-31(35-30)33(21-24-12-6-3-7-13-24)29(34)20-27(25-14-8-4-9-15-25)26-16-10-5-11-17-26/h3-19,27H,20-21H2,1-2H3. The van der Waals surface area contributed by atoms with E-state index in [1.54, 1.807) is 11.3 Å². The van der Waals surface area contributed by atoms with Crippen LogP contribution in [0.15, 0.2) is 103 Å². The van der Waals surface area contributed by atoms with Crippen LogP contribution in [-0.4, -0.2) is 10.9 Å². The summed E-state index contributed by atoms with van der Waals surface area (Å²) >= 11 is 1.60. The lowest BCUT2D eigenvalue weighted by atomic mass is 9.88. The van der Waals surface area contributed by atoms with Crippen LogP contribution in [-0.2, 0) is 11.3 Å². The van der Waals surface area contributed by atoms with Gasteiger partial charge in [0.1, 0.15) is 0 Å². The Balaban J connectivity index is 1.54. The number of carbonyl (C=O) groups is 1. The Bertz CT molecular complexity index is 1390. The maximum absolute atomic E-state index is 14.0. The number of anilines is 1. The van der Waals surface area contributed by atoms with Crippen molar-refractivity contribution in [3.63, 3.8) is 0 Å². The molecule has 0 unspecified atom stereocenters. The number of fused-ring (bicyclic) bond motifs is 1. The highest BCUT2D eigenvalue weighted by Gasteiger charge is 2.25. The Morgan fingerprint density at radius 2 is 1.40 bits per heavy atom. The fourth-order valence-corrected chi connectivity index (χ4v) is 5.62. The number of carbonyl (C=O) groups excluding carboxylic acids is 1. The second kappa shape index (κ2) is 10.2. The number of nitrogens with zero attached hydrogens (tertiary/aromatic N) is 2.